The summed E-state index contributed by atoms with van der Waals surface area (Å²) in [6.45, 7) is 7.08. The highest BCUT2D eigenvalue weighted by molar-refractivity contribution is 6.34. The third kappa shape index (κ3) is 2.86. The number of ether oxygens (including phenoxy) is 2. The quantitative estimate of drug-likeness (QED) is 0.885. The van der Waals surface area contributed by atoms with E-state index in [4.69, 9.17) is 26.1 Å². The Kier molecular flexibility index (Phi) is 4.78. The van der Waals surface area contributed by atoms with Crippen molar-refractivity contribution in [1.82, 2.24) is 4.98 Å². The summed E-state index contributed by atoms with van der Waals surface area (Å²) in [6.07, 6.45) is 0. The maximum absolute atomic E-state index is 6.30. The van der Waals surface area contributed by atoms with Gasteiger partial charge in [0, 0.05) is 24.0 Å². The second-order valence-corrected chi connectivity index (χ2v) is 5.50. The fraction of sp³-hybridized carbons (Fsp3) is 0.438. The molecular formula is C16H21ClN2O2. The highest BCUT2D eigenvalue weighted by Gasteiger charge is 2.19. The van der Waals surface area contributed by atoms with E-state index >= 15 is 0 Å². The second-order valence-electron chi connectivity index (χ2n) is 5.10. The number of aromatic nitrogens is 1. The van der Waals surface area contributed by atoms with Crippen LogP contribution in [0, 0.1) is 0 Å². The maximum atomic E-state index is 6.30. The Hall–Kier alpha value is -1.68. The summed E-state index contributed by atoms with van der Waals surface area (Å²) < 4.78 is 10.9. The van der Waals surface area contributed by atoms with E-state index in [-0.39, 0.29) is 0 Å². The highest BCUT2D eigenvalue weighted by atomic mass is 35.5. The van der Waals surface area contributed by atoms with Crippen LogP contribution in [0.5, 0.6) is 11.5 Å². The zero-order chi connectivity index (χ0) is 15.6. The van der Waals surface area contributed by atoms with Gasteiger partial charge in [0.15, 0.2) is 0 Å². The molecule has 0 aliphatic rings. The summed E-state index contributed by atoms with van der Waals surface area (Å²) >= 11 is 6.30. The first-order valence-corrected chi connectivity index (χ1v) is 7.40. The van der Waals surface area contributed by atoms with Crippen molar-refractivity contribution in [3.63, 3.8) is 0 Å². The Morgan fingerprint density at radius 3 is 2.48 bits per heavy atom. The van der Waals surface area contributed by atoms with E-state index in [0.717, 1.165) is 28.8 Å². The Morgan fingerprint density at radius 2 is 1.95 bits per heavy atom. The molecule has 1 heterocycles. The molecule has 2 aromatic rings. The molecule has 1 aromatic heterocycles. The smallest absolute Gasteiger partial charge is 0.149 e. The molecule has 1 aromatic carbocycles. The number of nitrogens with one attached hydrogen (secondary N) is 1. The third-order valence-electron chi connectivity index (χ3n) is 3.36. The number of halogens is 1. The number of pyridine rings is 1. The first kappa shape index (κ1) is 15.7. The lowest BCUT2D eigenvalue weighted by atomic mass is 10.0. The Balaban J connectivity index is 2.90. The summed E-state index contributed by atoms with van der Waals surface area (Å²) in [5.41, 5.74) is 2.73. The molecule has 0 atom stereocenters. The molecule has 0 unspecified atom stereocenters. The largest absolute Gasteiger partial charge is 0.494 e. The van der Waals surface area contributed by atoms with Gasteiger partial charge in [-0.25, -0.2) is 4.98 Å². The Labute approximate surface area is 130 Å². The number of anilines is 1. The molecule has 0 spiro atoms. The van der Waals surface area contributed by atoms with Gasteiger partial charge in [-0.2, -0.15) is 0 Å². The topological polar surface area (TPSA) is 43.4 Å². The molecule has 0 radical (unpaired) electrons. The van der Waals surface area contributed by atoms with Crippen LogP contribution < -0.4 is 14.8 Å². The summed E-state index contributed by atoms with van der Waals surface area (Å²) in [7, 11) is 3.23. The minimum Gasteiger partial charge on any atom is -0.494 e. The zero-order valence-corrected chi connectivity index (χ0v) is 13.8. The predicted octanol–water partition coefficient (Wildman–Crippen LogP) is 4.46. The molecule has 0 saturated heterocycles. The van der Waals surface area contributed by atoms with E-state index in [1.165, 1.54) is 0 Å². The van der Waals surface area contributed by atoms with Crippen molar-refractivity contribution in [3.05, 3.63) is 22.8 Å². The van der Waals surface area contributed by atoms with Gasteiger partial charge in [-0.05, 0) is 18.9 Å². The number of hydrogen-bond acceptors (Lipinski definition) is 4. The third-order valence-corrected chi connectivity index (χ3v) is 3.64. The van der Waals surface area contributed by atoms with Crippen molar-refractivity contribution in [1.29, 1.82) is 0 Å². The number of rotatable bonds is 5. The van der Waals surface area contributed by atoms with E-state index in [2.05, 4.69) is 32.2 Å². The van der Waals surface area contributed by atoms with Gasteiger partial charge in [0.1, 0.15) is 17.0 Å². The Morgan fingerprint density at radius 1 is 1.24 bits per heavy atom. The molecule has 5 heteroatoms. The van der Waals surface area contributed by atoms with Crippen LogP contribution in [0.2, 0.25) is 5.02 Å². The van der Waals surface area contributed by atoms with Gasteiger partial charge in [0.25, 0.3) is 0 Å². The highest BCUT2D eigenvalue weighted by Crippen LogP contribution is 2.43. The van der Waals surface area contributed by atoms with Gasteiger partial charge in [-0.1, -0.05) is 25.4 Å². The molecule has 4 nitrogen and oxygen atoms in total. The van der Waals surface area contributed by atoms with E-state index < -0.39 is 0 Å². The molecule has 114 valence electrons. The molecule has 1 N–H and O–H groups in total. The van der Waals surface area contributed by atoms with Gasteiger partial charge in [-0.3, -0.25) is 0 Å². The number of benzene rings is 1. The van der Waals surface area contributed by atoms with Crippen molar-refractivity contribution >= 4 is 28.2 Å². The summed E-state index contributed by atoms with van der Waals surface area (Å²) in [5.74, 6) is 1.59. The number of hydrogen-bond donors (Lipinski definition) is 1. The fourth-order valence-electron chi connectivity index (χ4n) is 2.32. The van der Waals surface area contributed by atoms with Crippen molar-refractivity contribution in [2.75, 3.05) is 26.1 Å². The summed E-state index contributed by atoms with van der Waals surface area (Å²) in [6, 6.07) is 3.80. The van der Waals surface area contributed by atoms with Crippen LogP contribution in [0.15, 0.2) is 12.1 Å². The molecule has 21 heavy (non-hydrogen) atoms. The van der Waals surface area contributed by atoms with Crippen LogP contribution in [0.4, 0.5) is 5.69 Å². The summed E-state index contributed by atoms with van der Waals surface area (Å²) in [5, 5.41) is 4.73. The normalized spacial score (nSPS) is 11.0. The van der Waals surface area contributed by atoms with E-state index in [0.29, 0.717) is 22.4 Å². The van der Waals surface area contributed by atoms with Crippen molar-refractivity contribution < 1.29 is 9.47 Å². The minimum atomic E-state index is 0.318. The molecule has 0 bridgehead atoms. The minimum absolute atomic E-state index is 0.318. The van der Waals surface area contributed by atoms with E-state index in [1.54, 1.807) is 20.3 Å². The van der Waals surface area contributed by atoms with Crippen LogP contribution >= 0.6 is 11.6 Å². The molecule has 2 rings (SSSR count). The lowest BCUT2D eigenvalue weighted by Gasteiger charge is -2.17. The number of methoxy groups -OCH3 is 2. The summed E-state index contributed by atoms with van der Waals surface area (Å²) in [4.78, 5) is 4.73. The molecular weight excluding hydrogens is 288 g/mol. The molecule has 0 aliphatic heterocycles. The lowest BCUT2D eigenvalue weighted by molar-refractivity contribution is 0.410. The van der Waals surface area contributed by atoms with Crippen molar-refractivity contribution in [3.8, 4) is 11.5 Å². The van der Waals surface area contributed by atoms with Crippen LogP contribution in [0.3, 0.4) is 0 Å². The standard InChI is InChI=1S/C16H21ClN2O2/c1-6-18-12-8-11(9(2)3)19-15-13(20-4)7-10(17)16(21-5)14(12)15/h7-9H,6H2,1-5H3,(H,18,19). The fourth-order valence-corrected chi connectivity index (χ4v) is 2.59. The molecule has 0 aliphatic carbocycles. The first-order valence-electron chi connectivity index (χ1n) is 7.02. The maximum Gasteiger partial charge on any atom is 0.149 e. The second kappa shape index (κ2) is 6.39. The van der Waals surface area contributed by atoms with Gasteiger partial charge >= 0.3 is 0 Å². The van der Waals surface area contributed by atoms with Gasteiger partial charge in [0.2, 0.25) is 0 Å². The van der Waals surface area contributed by atoms with Crippen molar-refractivity contribution in [2.45, 2.75) is 26.7 Å². The van der Waals surface area contributed by atoms with Crippen LogP contribution in [-0.2, 0) is 0 Å². The predicted molar refractivity (Wildman–Crippen MR) is 88.1 cm³/mol. The van der Waals surface area contributed by atoms with Crippen LogP contribution in [0.25, 0.3) is 10.9 Å². The van der Waals surface area contributed by atoms with Gasteiger partial charge < -0.3 is 14.8 Å². The van der Waals surface area contributed by atoms with Crippen molar-refractivity contribution in [2.24, 2.45) is 0 Å². The number of nitrogens with zero attached hydrogens (tertiary/aromatic N) is 1. The monoisotopic (exact) mass is 308 g/mol. The van der Waals surface area contributed by atoms with Gasteiger partial charge in [0.05, 0.1) is 24.6 Å². The SMILES string of the molecule is CCNc1cc(C(C)C)nc2c(OC)cc(Cl)c(OC)c12. The zero-order valence-electron chi connectivity index (χ0n) is 13.1. The average molecular weight is 309 g/mol. The van der Waals surface area contributed by atoms with E-state index in [1.807, 2.05) is 0 Å². The van der Waals surface area contributed by atoms with Crippen LogP contribution in [0.1, 0.15) is 32.4 Å². The molecule has 0 amide bonds. The molecule has 0 saturated carbocycles. The van der Waals surface area contributed by atoms with Crippen LogP contribution in [-0.4, -0.2) is 25.7 Å². The Bertz CT molecular complexity index is 657. The first-order chi connectivity index (χ1) is 10.0. The number of fused-ring (bicyclic) bond motifs is 1. The molecule has 0 fully saturated rings. The van der Waals surface area contributed by atoms with E-state index in [9.17, 15) is 0 Å². The van der Waals surface area contributed by atoms with Gasteiger partial charge in [-0.15, -0.1) is 0 Å². The average Bonchev–Trinajstić information content (AvgIpc) is 2.46. The lowest BCUT2D eigenvalue weighted by Crippen LogP contribution is -2.04.